The van der Waals surface area contributed by atoms with E-state index in [0.717, 1.165) is 4.31 Å². The molecule has 18 heavy (non-hydrogen) atoms. The van der Waals surface area contributed by atoms with Gasteiger partial charge in [-0.3, -0.25) is 4.68 Å². The topological polar surface area (TPSA) is 75.4 Å². The van der Waals surface area contributed by atoms with Crippen LogP contribution in [0.15, 0.2) is 4.90 Å². The predicted octanol–water partition coefficient (Wildman–Crippen LogP) is 0.773. The second kappa shape index (κ2) is 4.80. The van der Waals surface area contributed by atoms with Crippen LogP contribution in [-0.4, -0.2) is 46.8 Å². The Bertz CT molecular complexity index is 545. The summed E-state index contributed by atoms with van der Waals surface area (Å²) in [6.07, 6.45) is 0. The highest BCUT2D eigenvalue weighted by atomic mass is 35.5. The van der Waals surface area contributed by atoms with Crippen LogP contribution in [0.4, 0.5) is 0 Å². The maximum atomic E-state index is 12.3. The molecule has 0 aliphatic carbocycles. The highest BCUT2D eigenvalue weighted by molar-refractivity contribution is 7.89. The largest absolute Gasteiger partial charge is 0.389 e. The van der Waals surface area contributed by atoms with Gasteiger partial charge in [0.05, 0.1) is 11.3 Å². The molecule has 104 valence electrons. The first-order valence-electron chi connectivity index (χ1n) is 5.34. The molecule has 0 spiro atoms. The van der Waals surface area contributed by atoms with Crippen LogP contribution in [0, 0.1) is 6.92 Å². The summed E-state index contributed by atoms with van der Waals surface area (Å²) in [5.74, 6) is 0. The van der Waals surface area contributed by atoms with Gasteiger partial charge in [0.1, 0.15) is 10.0 Å². The summed E-state index contributed by atoms with van der Waals surface area (Å²) in [5, 5.41) is 13.7. The number of nitrogens with zero attached hydrogens (tertiary/aromatic N) is 3. The number of sulfonamides is 1. The second-order valence-corrected chi connectivity index (χ2v) is 7.24. The van der Waals surface area contributed by atoms with E-state index in [-0.39, 0.29) is 16.6 Å². The fourth-order valence-corrected chi connectivity index (χ4v) is 3.71. The summed E-state index contributed by atoms with van der Waals surface area (Å²) in [4.78, 5) is -0.0154. The molecule has 0 fully saturated rings. The van der Waals surface area contributed by atoms with Gasteiger partial charge in [0.2, 0.25) is 10.0 Å². The fraction of sp³-hybridized carbons (Fsp3) is 0.700. The Balaban J connectivity index is 3.22. The van der Waals surface area contributed by atoms with Gasteiger partial charge in [-0.25, -0.2) is 8.42 Å². The zero-order valence-corrected chi connectivity index (χ0v) is 12.7. The van der Waals surface area contributed by atoms with Gasteiger partial charge in [0, 0.05) is 20.6 Å². The summed E-state index contributed by atoms with van der Waals surface area (Å²) in [6, 6.07) is 0. The van der Waals surface area contributed by atoms with E-state index in [1.807, 2.05) is 0 Å². The Morgan fingerprint density at radius 2 is 2.00 bits per heavy atom. The normalized spacial score (nSPS) is 13.3. The minimum Gasteiger partial charge on any atom is -0.389 e. The Morgan fingerprint density at radius 1 is 1.50 bits per heavy atom. The first-order chi connectivity index (χ1) is 7.97. The second-order valence-electron chi connectivity index (χ2n) is 4.90. The summed E-state index contributed by atoms with van der Waals surface area (Å²) >= 11 is 5.95. The molecule has 1 aromatic heterocycles. The van der Waals surface area contributed by atoms with Gasteiger partial charge in [-0.1, -0.05) is 11.6 Å². The summed E-state index contributed by atoms with van der Waals surface area (Å²) in [5.41, 5.74) is -0.783. The number of aryl methyl sites for hydroxylation is 2. The molecular formula is C10H18ClN3O3S. The number of aromatic nitrogens is 2. The minimum atomic E-state index is -3.75. The summed E-state index contributed by atoms with van der Waals surface area (Å²) < 4.78 is 27.1. The maximum Gasteiger partial charge on any atom is 0.247 e. The molecule has 0 atom stereocenters. The van der Waals surface area contributed by atoms with Crippen molar-refractivity contribution >= 4 is 21.6 Å². The van der Waals surface area contributed by atoms with Crippen molar-refractivity contribution in [3.8, 4) is 0 Å². The molecular weight excluding hydrogens is 278 g/mol. The third kappa shape index (κ3) is 3.03. The average molecular weight is 296 g/mol. The molecule has 1 heterocycles. The van der Waals surface area contributed by atoms with Crippen molar-refractivity contribution in [3.63, 3.8) is 0 Å². The molecule has 0 aromatic carbocycles. The lowest BCUT2D eigenvalue weighted by molar-refractivity contribution is 0.0640. The standard InChI is InChI=1S/C10H18ClN3O3S/c1-7-8(9(11)14(5)12-7)18(16,17)13(4)6-10(2,3)15/h15H,6H2,1-5H3. The van der Waals surface area contributed by atoms with Crippen LogP contribution < -0.4 is 0 Å². The molecule has 0 aliphatic heterocycles. The van der Waals surface area contributed by atoms with Crippen molar-refractivity contribution in [1.29, 1.82) is 0 Å². The number of hydrogen-bond acceptors (Lipinski definition) is 4. The number of halogens is 1. The van der Waals surface area contributed by atoms with Crippen LogP contribution in [0.1, 0.15) is 19.5 Å². The first-order valence-corrected chi connectivity index (χ1v) is 7.16. The minimum absolute atomic E-state index is 0.0154. The maximum absolute atomic E-state index is 12.3. The summed E-state index contributed by atoms with van der Waals surface area (Å²) in [7, 11) is -0.782. The predicted molar refractivity (Wildman–Crippen MR) is 69.1 cm³/mol. The monoisotopic (exact) mass is 295 g/mol. The molecule has 8 heteroatoms. The van der Waals surface area contributed by atoms with Gasteiger partial charge in [0.25, 0.3) is 0 Å². The highest BCUT2D eigenvalue weighted by Crippen LogP contribution is 2.27. The molecule has 0 unspecified atom stereocenters. The SMILES string of the molecule is Cc1nn(C)c(Cl)c1S(=O)(=O)N(C)CC(C)(C)O. The number of aliphatic hydroxyl groups is 1. The lowest BCUT2D eigenvalue weighted by Gasteiger charge is -2.24. The summed E-state index contributed by atoms with van der Waals surface area (Å²) in [6.45, 7) is 4.63. The molecule has 0 aliphatic rings. The lowest BCUT2D eigenvalue weighted by Crippen LogP contribution is -2.39. The quantitative estimate of drug-likeness (QED) is 0.890. The van der Waals surface area contributed by atoms with E-state index >= 15 is 0 Å². The van der Waals surface area contributed by atoms with Crippen LogP contribution in [0.3, 0.4) is 0 Å². The number of rotatable bonds is 4. The van der Waals surface area contributed by atoms with Gasteiger partial charge < -0.3 is 5.11 Å². The highest BCUT2D eigenvalue weighted by Gasteiger charge is 2.31. The smallest absolute Gasteiger partial charge is 0.247 e. The third-order valence-electron chi connectivity index (χ3n) is 2.38. The van der Waals surface area contributed by atoms with E-state index in [0.29, 0.717) is 5.69 Å². The average Bonchev–Trinajstić information content (AvgIpc) is 2.38. The van der Waals surface area contributed by atoms with E-state index in [4.69, 9.17) is 11.6 Å². The molecule has 0 radical (unpaired) electrons. The first kappa shape index (κ1) is 15.4. The molecule has 1 aromatic rings. The number of likely N-dealkylation sites (N-methyl/N-ethyl adjacent to an activating group) is 1. The van der Waals surface area contributed by atoms with E-state index in [2.05, 4.69) is 5.10 Å². The van der Waals surface area contributed by atoms with Crippen LogP contribution in [0.2, 0.25) is 5.15 Å². The zero-order valence-electron chi connectivity index (χ0n) is 11.1. The molecule has 0 saturated carbocycles. The van der Waals surface area contributed by atoms with E-state index in [1.54, 1.807) is 14.0 Å². The van der Waals surface area contributed by atoms with Crippen LogP contribution in [0.5, 0.6) is 0 Å². The fourth-order valence-electron chi connectivity index (χ4n) is 1.69. The van der Waals surface area contributed by atoms with E-state index < -0.39 is 15.6 Å². The Labute approximate surface area is 112 Å². The number of hydrogen-bond donors (Lipinski definition) is 1. The van der Waals surface area contributed by atoms with Gasteiger partial charge in [-0.15, -0.1) is 0 Å². The molecule has 0 amide bonds. The molecule has 0 bridgehead atoms. The van der Waals surface area contributed by atoms with Crippen molar-refractivity contribution in [3.05, 3.63) is 10.8 Å². The Hall–Kier alpha value is -0.630. The molecule has 1 N–H and O–H groups in total. The van der Waals surface area contributed by atoms with Crippen molar-refractivity contribution in [2.45, 2.75) is 31.3 Å². The zero-order chi connectivity index (χ0) is 14.3. The molecule has 6 nitrogen and oxygen atoms in total. The Morgan fingerprint density at radius 3 is 2.33 bits per heavy atom. The van der Waals surface area contributed by atoms with E-state index in [9.17, 15) is 13.5 Å². The van der Waals surface area contributed by atoms with Crippen molar-refractivity contribution in [2.24, 2.45) is 7.05 Å². The van der Waals surface area contributed by atoms with Gasteiger partial charge in [0.15, 0.2) is 0 Å². The molecule has 0 saturated heterocycles. The van der Waals surface area contributed by atoms with Crippen LogP contribution in [-0.2, 0) is 17.1 Å². The van der Waals surface area contributed by atoms with Gasteiger partial charge in [-0.2, -0.15) is 9.40 Å². The van der Waals surface area contributed by atoms with Crippen LogP contribution >= 0.6 is 11.6 Å². The third-order valence-corrected chi connectivity index (χ3v) is 4.88. The Kier molecular flexibility index (Phi) is 4.12. The van der Waals surface area contributed by atoms with Crippen molar-refractivity contribution in [1.82, 2.24) is 14.1 Å². The lowest BCUT2D eigenvalue weighted by atomic mass is 10.1. The van der Waals surface area contributed by atoms with Gasteiger partial charge >= 0.3 is 0 Å². The van der Waals surface area contributed by atoms with Crippen molar-refractivity contribution < 1.29 is 13.5 Å². The van der Waals surface area contributed by atoms with Gasteiger partial charge in [-0.05, 0) is 20.8 Å². The van der Waals surface area contributed by atoms with Crippen molar-refractivity contribution in [2.75, 3.05) is 13.6 Å². The molecule has 1 rings (SSSR count). The van der Waals surface area contributed by atoms with E-state index in [1.165, 1.54) is 25.6 Å². The van der Waals surface area contributed by atoms with Crippen LogP contribution in [0.25, 0.3) is 0 Å².